The molecular formula is C14H19N5. The highest BCUT2D eigenvalue weighted by Crippen LogP contribution is 2.15. The van der Waals surface area contributed by atoms with E-state index in [1.807, 2.05) is 13.3 Å². The maximum atomic E-state index is 5.86. The molecule has 2 heterocycles. The van der Waals surface area contributed by atoms with E-state index in [1.165, 1.54) is 11.1 Å². The van der Waals surface area contributed by atoms with Crippen LogP contribution in [0.2, 0.25) is 0 Å². The molecule has 5 heteroatoms. The predicted octanol–water partition coefficient (Wildman–Crippen LogP) is 1.31. The molecule has 3 rings (SSSR count). The van der Waals surface area contributed by atoms with E-state index < -0.39 is 0 Å². The third kappa shape index (κ3) is 2.67. The molecule has 0 saturated heterocycles. The Kier molecular flexibility index (Phi) is 3.31. The van der Waals surface area contributed by atoms with Crippen molar-refractivity contribution in [3.8, 4) is 0 Å². The van der Waals surface area contributed by atoms with Gasteiger partial charge >= 0.3 is 0 Å². The minimum Gasteiger partial charge on any atom is -0.324 e. The van der Waals surface area contributed by atoms with Gasteiger partial charge in [0.15, 0.2) is 0 Å². The third-order valence-corrected chi connectivity index (χ3v) is 3.63. The van der Waals surface area contributed by atoms with E-state index in [9.17, 15) is 0 Å². The fourth-order valence-corrected chi connectivity index (χ4v) is 2.44. The van der Waals surface area contributed by atoms with Crippen molar-refractivity contribution in [2.24, 2.45) is 5.73 Å². The van der Waals surface area contributed by atoms with Gasteiger partial charge in [-0.2, -0.15) is 0 Å². The van der Waals surface area contributed by atoms with E-state index in [0.29, 0.717) is 0 Å². The number of nitrogens with two attached hydrogens (primary N) is 1. The van der Waals surface area contributed by atoms with Gasteiger partial charge in [-0.3, -0.25) is 4.90 Å². The van der Waals surface area contributed by atoms with Crippen LogP contribution >= 0.6 is 0 Å². The summed E-state index contributed by atoms with van der Waals surface area (Å²) in [6, 6.07) is 8.66. The first-order chi connectivity index (χ1) is 9.22. The lowest BCUT2D eigenvalue weighted by Crippen LogP contribution is -2.33. The van der Waals surface area contributed by atoms with Crippen LogP contribution in [0.1, 0.15) is 29.9 Å². The van der Waals surface area contributed by atoms with Crippen LogP contribution in [0.4, 0.5) is 0 Å². The molecule has 1 aliphatic heterocycles. The number of benzene rings is 1. The topological polar surface area (TPSA) is 60.0 Å². The summed E-state index contributed by atoms with van der Waals surface area (Å²) in [6.45, 7) is 5.84. The van der Waals surface area contributed by atoms with Crippen LogP contribution in [-0.2, 0) is 19.6 Å². The Hall–Kier alpha value is -1.72. The summed E-state index contributed by atoms with van der Waals surface area (Å²) in [5, 5.41) is 8.09. The van der Waals surface area contributed by atoms with Crippen LogP contribution in [-0.4, -0.2) is 26.2 Å². The second-order valence-corrected chi connectivity index (χ2v) is 5.18. The Balaban J connectivity index is 1.66. The van der Waals surface area contributed by atoms with Crippen molar-refractivity contribution in [2.45, 2.75) is 32.6 Å². The molecule has 100 valence electrons. The van der Waals surface area contributed by atoms with Crippen molar-refractivity contribution in [3.63, 3.8) is 0 Å². The quantitative estimate of drug-likeness (QED) is 0.900. The summed E-state index contributed by atoms with van der Waals surface area (Å²) in [5.74, 6) is 1.05. The first-order valence-corrected chi connectivity index (χ1v) is 6.66. The Morgan fingerprint density at radius 2 is 2.05 bits per heavy atom. The van der Waals surface area contributed by atoms with Crippen LogP contribution in [0.15, 0.2) is 30.6 Å². The number of nitrogens with zero attached hydrogens (tertiary/aromatic N) is 4. The number of hydrogen-bond acceptors (Lipinski definition) is 4. The molecule has 0 aliphatic carbocycles. The average Bonchev–Trinajstić information content (AvgIpc) is 2.87. The number of aromatic nitrogens is 3. The van der Waals surface area contributed by atoms with E-state index >= 15 is 0 Å². The predicted molar refractivity (Wildman–Crippen MR) is 73.2 cm³/mol. The van der Waals surface area contributed by atoms with Crippen LogP contribution in [0, 0.1) is 0 Å². The maximum absolute atomic E-state index is 5.86. The van der Waals surface area contributed by atoms with Gasteiger partial charge in [0.1, 0.15) is 12.2 Å². The van der Waals surface area contributed by atoms with Crippen LogP contribution in [0.25, 0.3) is 0 Å². The van der Waals surface area contributed by atoms with E-state index in [1.54, 1.807) is 0 Å². The minimum atomic E-state index is 0.0996. The summed E-state index contributed by atoms with van der Waals surface area (Å²) in [7, 11) is 0. The Labute approximate surface area is 113 Å². The molecule has 0 unspecified atom stereocenters. The maximum Gasteiger partial charge on any atom is 0.147 e. The first kappa shape index (κ1) is 12.3. The molecule has 0 fully saturated rings. The van der Waals surface area contributed by atoms with Crippen LogP contribution < -0.4 is 5.73 Å². The summed E-state index contributed by atoms with van der Waals surface area (Å²) in [6.07, 6.45) is 1.81. The van der Waals surface area contributed by atoms with Crippen molar-refractivity contribution in [1.82, 2.24) is 19.7 Å². The second kappa shape index (κ2) is 5.11. The van der Waals surface area contributed by atoms with Gasteiger partial charge < -0.3 is 10.3 Å². The average molecular weight is 257 g/mol. The smallest absolute Gasteiger partial charge is 0.147 e. The summed E-state index contributed by atoms with van der Waals surface area (Å²) in [4.78, 5) is 2.39. The number of hydrogen-bond donors (Lipinski definition) is 1. The Morgan fingerprint density at radius 1 is 1.26 bits per heavy atom. The SMILES string of the molecule is C[C@H](N)c1ccc(CN2CCn3cnnc3C2)cc1. The molecular weight excluding hydrogens is 238 g/mol. The van der Waals surface area contributed by atoms with Gasteiger partial charge in [0.2, 0.25) is 0 Å². The van der Waals surface area contributed by atoms with Gasteiger partial charge in [-0.05, 0) is 18.1 Å². The zero-order valence-electron chi connectivity index (χ0n) is 11.2. The fraction of sp³-hybridized carbons (Fsp3) is 0.429. The summed E-state index contributed by atoms with van der Waals surface area (Å²) >= 11 is 0. The number of rotatable bonds is 3. The lowest BCUT2D eigenvalue weighted by atomic mass is 10.1. The van der Waals surface area contributed by atoms with Crippen molar-refractivity contribution in [2.75, 3.05) is 6.54 Å². The lowest BCUT2D eigenvalue weighted by Gasteiger charge is -2.26. The molecule has 5 nitrogen and oxygen atoms in total. The van der Waals surface area contributed by atoms with Crippen molar-refractivity contribution in [1.29, 1.82) is 0 Å². The summed E-state index contributed by atoms with van der Waals surface area (Å²) < 4.78 is 2.12. The molecule has 2 N–H and O–H groups in total. The summed E-state index contributed by atoms with van der Waals surface area (Å²) in [5.41, 5.74) is 8.36. The fourth-order valence-electron chi connectivity index (χ4n) is 2.44. The molecule has 1 atom stereocenters. The van der Waals surface area contributed by atoms with Gasteiger partial charge in [-0.25, -0.2) is 0 Å². The van der Waals surface area contributed by atoms with E-state index in [2.05, 4.69) is 43.9 Å². The highest BCUT2D eigenvalue weighted by molar-refractivity contribution is 5.24. The monoisotopic (exact) mass is 257 g/mol. The van der Waals surface area contributed by atoms with E-state index in [4.69, 9.17) is 5.73 Å². The van der Waals surface area contributed by atoms with Crippen LogP contribution in [0.3, 0.4) is 0 Å². The largest absolute Gasteiger partial charge is 0.324 e. The zero-order valence-corrected chi connectivity index (χ0v) is 11.2. The van der Waals surface area contributed by atoms with Crippen molar-refractivity contribution < 1.29 is 0 Å². The van der Waals surface area contributed by atoms with Gasteiger partial charge in [0.05, 0.1) is 6.54 Å². The molecule has 0 saturated carbocycles. The first-order valence-electron chi connectivity index (χ1n) is 6.66. The normalized spacial score (nSPS) is 17.2. The highest BCUT2D eigenvalue weighted by atomic mass is 15.3. The van der Waals surface area contributed by atoms with Crippen molar-refractivity contribution >= 4 is 0 Å². The van der Waals surface area contributed by atoms with Gasteiger partial charge in [0.25, 0.3) is 0 Å². The second-order valence-electron chi connectivity index (χ2n) is 5.18. The third-order valence-electron chi connectivity index (χ3n) is 3.63. The van der Waals surface area contributed by atoms with E-state index in [0.717, 1.165) is 32.0 Å². The molecule has 1 aromatic heterocycles. The Morgan fingerprint density at radius 3 is 2.79 bits per heavy atom. The Bertz CT molecular complexity index is 543. The molecule has 0 bridgehead atoms. The van der Waals surface area contributed by atoms with Gasteiger partial charge in [-0.1, -0.05) is 24.3 Å². The molecule has 19 heavy (non-hydrogen) atoms. The van der Waals surface area contributed by atoms with Crippen LogP contribution in [0.5, 0.6) is 0 Å². The molecule has 0 radical (unpaired) electrons. The molecule has 0 amide bonds. The molecule has 2 aromatic rings. The highest BCUT2D eigenvalue weighted by Gasteiger charge is 2.17. The molecule has 1 aliphatic rings. The number of fused-ring (bicyclic) bond motifs is 1. The van der Waals surface area contributed by atoms with Gasteiger partial charge in [0, 0.05) is 25.7 Å². The van der Waals surface area contributed by atoms with Crippen molar-refractivity contribution in [3.05, 3.63) is 47.5 Å². The molecule has 0 spiro atoms. The standard InChI is InChI=1S/C14H19N5/c1-11(15)13-4-2-12(3-5-13)8-18-6-7-19-10-16-17-14(19)9-18/h2-5,10-11H,6-9,15H2,1H3/t11-/m0/s1. The zero-order chi connectivity index (χ0) is 13.2. The van der Waals surface area contributed by atoms with E-state index in [-0.39, 0.29) is 6.04 Å². The molecule has 1 aromatic carbocycles. The van der Waals surface area contributed by atoms with Gasteiger partial charge in [-0.15, -0.1) is 10.2 Å². The lowest BCUT2D eigenvalue weighted by molar-refractivity contribution is 0.209. The minimum absolute atomic E-state index is 0.0996.